The van der Waals surface area contributed by atoms with Gasteiger partial charge in [0.25, 0.3) is 5.91 Å². The minimum atomic E-state index is -0.322. The third-order valence-corrected chi connectivity index (χ3v) is 3.47. The zero-order valence-electron chi connectivity index (χ0n) is 11.2. The molecule has 0 aliphatic heterocycles. The molecule has 5 nitrogen and oxygen atoms in total. The lowest BCUT2D eigenvalue weighted by atomic mass is 10.1. The van der Waals surface area contributed by atoms with E-state index in [-0.39, 0.29) is 5.91 Å². The number of nitriles is 1. The Morgan fingerprint density at radius 3 is 2.71 bits per heavy atom. The van der Waals surface area contributed by atoms with Gasteiger partial charge in [0.15, 0.2) is 0 Å². The van der Waals surface area contributed by atoms with Gasteiger partial charge in [0.05, 0.1) is 30.0 Å². The van der Waals surface area contributed by atoms with Crippen LogP contribution in [0.2, 0.25) is 0 Å². The fourth-order valence-electron chi connectivity index (χ4n) is 1.77. The van der Waals surface area contributed by atoms with Crippen LogP contribution in [0.1, 0.15) is 15.9 Å². The topological polar surface area (TPSA) is 88.1 Å². The Kier molecular flexibility index (Phi) is 4.45. The summed E-state index contributed by atoms with van der Waals surface area (Å²) in [4.78, 5) is 12.3. The van der Waals surface area contributed by atoms with Gasteiger partial charge in [-0.05, 0) is 46.3 Å². The van der Waals surface area contributed by atoms with E-state index in [1.807, 2.05) is 6.07 Å². The molecule has 6 heteroatoms. The Bertz CT molecular complexity index is 738. The molecule has 0 aromatic heterocycles. The highest BCUT2D eigenvalue weighted by molar-refractivity contribution is 9.10. The lowest BCUT2D eigenvalue weighted by Gasteiger charge is -2.11. The van der Waals surface area contributed by atoms with E-state index >= 15 is 0 Å². The minimum absolute atomic E-state index is 0.322. The monoisotopic (exact) mass is 345 g/mol. The first kappa shape index (κ1) is 14.9. The smallest absolute Gasteiger partial charge is 0.259 e. The molecule has 0 saturated carbocycles. The lowest BCUT2D eigenvalue weighted by molar-refractivity contribution is 0.102. The van der Waals surface area contributed by atoms with Gasteiger partial charge < -0.3 is 15.8 Å². The number of nitrogens with two attached hydrogens (primary N) is 1. The summed E-state index contributed by atoms with van der Waals surface area (Å²) in [6.07, 6.45) is 0. The van der Waals surface area contributed by atoms with Crippen LogP contribution in [0.25, 0.3) is 0 Å². The number of hydrogen-bond acceptors (Lipinski definition) is 4. The Labute approximate surface area is 130 Å². The van der Waals surface area contributed by atoms with Crippen LogP contribution in [0.4, 0.5) is 11.4 Å². The van der Waals surface area contributed by atoms with Crippen LogP contribution in [-0.4, -0.2) is 13.0 Å². The highest BCUT2D eigenvalue weighted by Crippen LogP contribution is 2.26. The molecule has 0 aliphatic carbocycles. The number of carbonyl (C=O) groups excluding carboxylic acids is 1. The fraction of sp³-hybridized carbons (Fsp3) is 0.0667. The largest absolute Gasteiger partial charge is 0.496 e. The summed E-state index contributed by atoms with van der Waals surface area (Å²) >= 11 is 3.32. The molecule has 0 atom stereocenters. The summed E-state index contributed by atoms with van der Waals surface area (Å²) in [7, 11) is 1.48. The molecule has 0 spiro atoms. The van der Waals surface area contributed by atoms with Crippen molar-refractivity contribution in [3.63, 3.8) is 0 Å². The van der Waals surface area contributed by atoms with Crippen molar-refractivity contribution in [2.24, 2.45) is 0 Å². The summed E-state index contributed by atoms with van der Waals surface area (Å²) in [5.74, 6) is 0.0783. The minimum Gasteiger partial charge on any atom is -0.496 e. The number of carbonyl (C=O) groups is 1. The maximum atomic E-state index is 12.3. The van der Waals surface area contributed by atoms with E-state index in [2.05, 4.69) is 21.2 Å². The number of methoxy groups -OCH3 is 1. The molecule has 1 amide bonds. The van der Waals surface area contributed by atoms with E-state index in [4.69, 9.17) is 15.7 Å². The molecular weight excluding hydrogens is 334 g/mol. The molecule has 3 N–H and O–H groups in total. The molecule has 21 heavy (non-hydrogen) atoms. The number of ether oxygens (including phenoxy) is 1. The number of anilines is 2. The number of benzene rings is 2. The van der Waals surface area contributed by atoms with E-state index in [9.17, 15) is 4.79 Å². The normalized spacial score (nSPS) is 9.76. The summed E-state index contributed by atoms with van der Waals surface area (Å²) in [6.45, 7) is 0. The molecule has 0 radical (unpaired) electrons. The van der Waals surface area contributed by atoms with Gasteiger partial charge in [0, 0.05) is 16.2 Å². The lowest BCUT2D eigenvalue weighted by Crippen LogP contribution is -2.13. The predicted octanol–water partition coefficient (Wildman–Crippen LogP) is 3.16. The Morgan fingerprint density at radius 1 is 1.33 bits per heavy atom. The van der Waals surface area contributed by atoms with Crippen molar-refractivity contribution < 1.29 is 9.53 Å². The van der Waals surface area contributed by atoms with Crippen LogP contribution in [0.5, 0.6) is 5.75 Å². The zero-order chi connectivity index (χ0) is 15.4. The average molecular weight is 346 g/mol. The van der Waals surface area contributed by atoms with Crippen LogP contribution >= 0.6 is 15.9 Å². The van der Waals surface area contributed by atoms with E-state index in [0.29, 0.717) is 32.7 Å². The SMILES string of the molecule is COc1cc(N)ccc1C(=O)Nc1ccc(C#N)cc1Br. The van der Waals surface area contributed by atoms with Crippen LogP contribution in [0, 0.1) is 11.3 Å². The molecule has 0 aliphatic rings. The van der Waals surface area contributed by atoms with Crippen LogP contribution in [0.3, 0.4) is 0 Å². The highest BCUT2D eigenvalue weighted by Gasteiger charge is 2.14. The zero-order valence-corrected chi connectivity index (χ0v) is 12.8. The standard InChI is InChI=1S/C15H12BrN3O2/c1-21-14-7-10(18)3-4-11(14)15(20)19-13-5-2-9(8-17)6-12(13)16/h2-7H,18H2,1H3,(H,19,20). The van der Waals surface area contributed by atoms with Gasteiger partial charge in [0.2, 0.25) is 0 Å². The maximum absolute atomic E-state index is 12.3. The maximum Gasteiger partial charge on any atom is 0.259 e. The molecule has 2 rings (SSSR count). The number of nitrogens with zero attached hydrogens (tertiary/aromatic N) is 1. The number of halogens is 1. The van der Waals surface area contributed by atoms with Crippen molar-refractivity contribution in [1.29, 1.82) is 5.26 Å². The van der Waals surface area contributed by atoms with Gasteiger partial charge in [-0.2, -0.15) is 5.26 Å². The second-order valence-electron chi connectivity index (χ2n) is 4.22. The average Bonchev–Trinajstić information content (AvgIpc) is 2.48. The number of rotatable bonds is 3. The van der Waals surface area contributed by atoms with Crippen molar-refractivity contribution in [2.45, 2.75) is 0 Å². The first-order chi connectivity index (χ1) is 10.0. The van der Waals surface area contributed by atoms with Crippen LogP contribution in [-0.2, 0) is 0 Å². The summed E-state index contributed by atoms with van der Waals surface area (Å²) < 4.78 is 5.79. The van der Waals surface area contributed by atoms with E-state index in [1.54, 1.807) is 36.4 Å². The molecule has 0 bridgehead atoms. The summed E-state index contributed by atoms with van der Waals surface area (Å²) in [5, 5.41) is 11.6. The van der Waals surface area contributed by atoms with Gasteiger partial charge in [-0.15, -0.1) is 0 Å². The van der Waals surface area contributed by atoms with Crippen molar-refractivity contribution >= 4 is 33.2 Å². The molecule has 2 aromatic carbocycles. The van der Waals surface area contributed by atoms with E-state index < -0.39 is 0 Å². The second kappa shape index (κ2) is 6.29. The van der Waals surface area contributed by atoms with E-state index in [0.717, 1.165) is 0 Å². The van der Waals surface area contributed by atoms with Crippen LogP contribution < -0.4 is 15.8 Å². The second-order valence-corrected chi connectivity index (χ2v) is 5.07. The predicted molar refractivity (Wildman–Crippen MR) is 84.2 cm³/mol. The summed E-state index contributed by atoms with van der Waals surface area (Å²) in [6, 6.07) is 11.8. The quantitative estimate of drug-likeness (QED) is 0.836. The third kappa shape index (κ3) is 3.33. The molecular formula is C15H12BrN3O2. The molecule has 0 heterocycles. The molecule has 0 fully saturated rings. The van der Waals surface area contributed by atoms with Gasteiger partial charge >= 0.3 is 0 Å². The summed E-state index contributed by atoms with van der Waals surface area (Å²) in [5.41, 5.74) is 7.63. The van der Waals surface area contributed by atoms with Crippen molar-refractivity contribution in [3.8, 4) is 11.8 Å². The Morgan fingerprint density at radius 2 is 2.10 bits per heavy atom. The first-order valence-electron chi connectivity index (χ1n) is 5.99. The van der Waals surface area contributed by atoms with E-state index in [1.165, 1.54) is 7.11 Å². The number of amides is 1. The Hall–Kier alpha value is -2.52. The number of nitrogens with one attached hydrogen (secondary N) is 1. The highest BCUT2D eigenvalue weighted by atomic mass is 79.9. The van der Waals surface area contributed by atoms with Gasteiger partial charge in [-0.1, -0.05) is 0 Å². The molecule has 106 valence electrons. The van der Waals surface area contributed by atoms with Gasteiger partial charge in [-0.25, -0.2) is 0 Å². The number of nitrogen functional groups attached to an aromatic ring is 1. The van der Waals surface area contributed by atoms with Gasteiger partial charge in [0.1, 0.15) is 5.75 Å². The third-order valence-electron chi connectivity index (χ3n) is 2.82. The molecule has 0 saturated heterocycles. The number of hydrogen-bond donors (Lipinski definition) is 2. The molecule has 2 aromatic rings. The Balaban J connectivity index is 2.28. The van der Waals surface area contributed by atoms with Crippen molar-refractivity contribution in [2.75, 3.05) is 18.2 Å². The fourth-order valence-corrected chi connectivity index (χ4v) is 2.25. The van der Waals surface area contributed by atoms with Crippen molar-refractivity contribution in [3.05, 3.63) is 52.0 Å². The van der Waals surface area contributed by atoms with Crippen molar-refractivity contribution in [1.82, 2.24) is 0 Å². The first-order valence-corrected chi connectivity index (χ1v) is 6.79. The van der Waals surface area contributed by atoms with Gasteiger partial charge in [-0.3, -0.25) is 4.79 Å². The molecule has 0 unspecified atom stereocenters. The van der Waals surface area contributed by atoms with Crippen LogP contribution in [0.15, 0.2) is 40.9 Å².